The van der Waals surface area contributed by atoms with Gasteiger partial charge in [-0.3, -0.25) is 34.5 Å². The third kappa shape index (κ3) is 12.3. The molecule has 64 heavy (non-hydrogen) atoms. The largest absolute Gasteiger partial charge is 0.507 e. The SMILES string of the molecule is CN(C)c1cccc2c(S(=O)(=O)NCCNC(=O)C(N)Cc3cc(CN(Cc4ccccn4)Cc4ccccn4)c(O)c(CN(Cc4ccccn4)Cc4ccccn4)c3)cccc12. The zero-order valence-corrected chi connectivity index (χ0v) is 36.9. The van der Waals surface area contributed by atoms with Crippen molar-refractivity contribution in [2.75, 3.05) is 32.1 Å². The van der Waals surface area contributed by atoms with Crippen molar-refractivity contribution in [2.45, 2.75) is 56.6 Å². The van der Waals surface area contributed by atoms with Gasteiger partial charge in [0.05, 0.1) is 33.7 Å². The van der Waals surface area contributed by atoms with Gasteiger partial charge in [0.2, 0.25) is 15.9 Å². The third-order valence-corrected chi connectivity index (χ3v) is 12.2. The minimum absolute atomic E-state index is 0.0254. The number of carbonyl (C=O) groups excluding carboxylic acids is 1. The topological polar surface area (TPSA) is 183 Å². The van der Waals surface area contributed by atoms with E-state index >= 15 is 0 Å². The highest BCUT2D eigenvalue weighted by molar-refractivity contribution is 7.89. The number of nitrogens with zero attached hydrogens (tertiary/aromatic N) is 7. The van der Waals surface area contributed by atoms with E-state index in [-0.39, 0.29) is 30.2 Å². The van der Waals surface area contributed by atoms with Crippen molar-refractivity contribution in [2.24, 2.45) is 5.73 Å². The maximum absolute atomic E-state index is 13.5. The number of fused-ring (bicyclic) bond motifs is 1. The number of nitrogens with two attached hydrogens (primary N) is 1. The highest BCUT2D eigenvalue weighted by atomic mass is 32.2. The van der Waals surface area contributed by atoms with E-state index in [9.17, 15) is 18.3 Å². The van der Waals surface area contributed by atoms with Crippen LogP contribution in [0.4, 0.5) is 5.69 Å². The number of hydrogen-bond donors (Lipinski definition) is 4. The van der Waals surface area contributed by atoms with Gasteiger partial charge in [-0.1, -0.05) is 60.7 Å². The molecule has 7 aromatic rings. The molecule has 0 spiro atoms. The summed E-state index contributed by atoms with van der Waals surface area (Å²) >= 11 is 0. The summed E-state index contributed by atoms with van der Waals surface area (Å²) in [5.41, 5.74) is 13.0. The van der Waals surface area contributed by atoms with E-state index in [2.05, 4.69) is 39.8 Å². The number of amides is 1. The van der Waals surface area contributed by atoms with Crippen LogP contribution in [0.1, 0.15) is 39.5 Å². The van der Waals surface area contributed by atoms with Crippen LogP contribution in [-0.4, -0.2) is 82.4 Å². The van der Waals surface area contributed by atoms with Crippen LogP contribution >= 0.6 is 0 Å². The molecule has 0 aliphatic rings. The Balaban J connectivity index is 1.11. The number of sulfonamides is 1. The quantitative estimate of drug-likeness (QED) is 0.0661. The van der Waals surface area contributed by atoms with Crippen molar-refractivity contribution < 1.29 is 18.3 Å². The molecule has 1 amide bonds. The van der Waals surface area contributed by atoms with Crippen LogP contribution < -0.4 is 20.7 Å². The van der Waals surface area contributed by atoms with Gasteiger partial charge in [0.25, 0.3) is 0 Å². The summed E-state index contributed by atoms with van der Waals surface area (Å²) in [6.07, 6.45) is 7.19. The molecule has 0 bridgehead atoms. The van der Waals surface area contributed by atoms with Gasteiger partial charge in [-0.15, -0.1) is 0 Å². The van der Waals surface area contributed by atoms with Gasteiger partial charge in [0, 0.05) is 119 Å². The molecule has 15 heteroatoms. The molecule has 0 fully saturated rings. The van der Waals surface area contributed by atoms with E-state index < -0.39 is 22.0 Å². The van der Waals surface area contributed by atoms with Crippen LogP contribution in [0.25, 0.3) is 10.8 Å². The van der Waals surface area contributed by atoms with Crippen LogP contribution in [0.15, 0.2) is 151 Å². The summed E-state index contributed by atoms with van der Waals surface area (Å²) in [7, 11) is -0.0861. The van der Waals surface area contributed by atoms with Gasteiger partial charge in [0.15, 0.2) is 0 Å². The van der Waals surface area contributed by atoms with Crippen molar-refractivity contribution in [3.8, 4) is 5.75 Å². The van der Waals surface area contributed by atoms with E-state index in [1.807, 2.05) is 122 Å². The minimum Gasteiger partial charge on any atom is -0.507 e. The summed E-state index contributed by atoms with van der Waals surface area (Å²) in [4.78, 5) is 38.2. The molecule has 1 unspecified atom stereocenters. The fraction of sp³-hybridized carbons (Fsp3) is 0.245. The third-order valence-electron chi connectivity index (χ3n) is 10.7. The number of aromatic hydroxyl groups is 1. The normalized spacial score (nSPS) is 12.1. The van der Waals surface area contributed by atoms with E-state index in [0.717, 1.165) is 39.4 Å². The zero-order chi connectivity index (χ0) is 44.9. The first-order valence-corrected chi connectivity index (χ1v) is 22.6. The highest BCUT2D eigenvalue weighted by Crippen LogP contribution is 2.31. The predicted octanol–water partition coefficient (Wildman–Crippen LogP) is 5.56. The second-order valence-electron chi connectivity index (χ2n) is 15.9. The lowest BCUT2D eigenvalue weighted by Gasteiger charge is -2.26. The molecule has 14 nitrogen and oxygen atoms in total. The van der Waals surface area contributed by atoms with Gasteiger partial charge >= 0.3 is 0 Å². The number of aromatic nitrogens is 4. The predicted molar refractivity (Wildman–Crippen MR) is 249 cm³/mol. The molecule has 0 aliphatic heterocycles. The first-order chi connectivity index (χ1) is 31.0. The number of phenols is 1. The Hall–Kier alpha value is -6.62. The lowest BCUT2D eigenvalue weighted by molar-refractivity contribution is -0.122. The Labute approximate surface area is 374 Å². The smallest absolute Gasteiger partial charge is 0.241 e. The Morgan fingerprint density at radius 3 is 1.55 bits per heavy atom. The van der Waals surface area contributed by atoms with E-state index in [1.165, 1.54) is 0 Å². The van der Waals surface area contributed by atoms with Crippen molar-refractivity contribution in [3.63, 3.8) is 0 Å². The Morgan fingerprint density at radius 2 is 1.09 bits per heavy atom. The molecule has 4 aromatic heterocycles. The van der Waals surface area contributed by atoms with E-state index in [1.54, 1.807) is 43.0 Å². The second-order valence-corrected chi connectivity index (χ2v) is 17.6. The summed E-state index contributed by atoms with van der Waals surface area (Å²) in [6.45, 7) is 2.64. The van der Waals surface area contributed by atoms with E-state index in [4.69, 9.17) is 5.73 Å². The first kappa shape index (κ1) is 45.4. The maximum atomic E-state index is 13.5. The van der Waals surface area contributed by atoms with Crippen molar-refractivity contribution in [3.05, 3.63) is 186 Å². The van der Waals surface area contributed by atoms with Crippen LogP contribution in [0.5, 0.6) is 5.75 Å². The van der Waals surface area contributed by atoms with E-state index in [0.29, 0.717) is 55.8 Å². The van der Waals surface area contributed by atoms with Crippen LogP contribution in [0, 0.1) is 0 Å². The molecule has 4 heterocycles. The minimum atomic E-state index is -3.91. The molecule has 0 aliphatic carbocycles. The monoisotopic (exact) mass is 878 g/mol. The number of hydrogen-bond acceptors (Lipinski definition) is 12. The first-order valence-electron chi connectivity index (χ1n) is 21.1. The number of carbonyl (C=O) groups is 1. The Kier molecular flexibility index (Phi) is 15.4. The fourth-order valence-corrected chi connectivity index (χ4v) is 8.96. The van der Waals surface area contributed by atoms with Crippen LogP contribution in [0.2, 0.25) is 0 Å². The van der Waals surface area contributed by atoms with Crippen molar-refractivity contribution in [1.82, 2.24) is 39.8 Å². The summed E-state index contributed by atoms with van der Waals surface area (Å²) in [6, 6.07) is 36.7. The van der Waals surface area contributed by atoms with Crippen LogP contribution in [-0.2, 0) is 60.5 Å². The fourth-order valence-electron chi connectivity index (χ4n) is 7.71. The summed E-state index contributed by atoms with van der Waals surface area (Å²) in [5.74, 6) is -0.299. The summed E-state index contributed by atoms with van der Waals surface area (Å²) < 4.78 is 29.6. The maximum Gasteiger partial charge on any atom is 0.241 e. The number of rotatable bonds is 21. The second kappa shape index (κ2) is 21.6. The van der Waals surface area contributed by atoms with Gasteiger partial charge in [-0.2, -0.15) is 0 Å². The molecule has 1 atom stereocenters. The number of phenolic OH excluding ortho intramolecular Hbond substituents is 1. The van der Waals surface area contributed by atoms with Crippen LogP contribution in [0.3, 0.4) is 0 Å². The standard InChI is InChI=1S/C49H54N10O4S/c1-57(2)46-19-11-18-44-43(46)17-12-20-47(44)64(62,63)56-26-25-55-49(61)45(50)29-36-27-37(30-58(32-39-13-3-7-21-51-39)33-40-14-4-8-22-52-40)48(60)38(28-36)31-59(34-41-15-5-9-23-53-41)35-42-16-6-10-24-54-42/h3-24,27-28,45,56,60H,25-26,29-35,50H2,1-2H3,(H,55,61). The molecule has 0 saturated carbocycles. The molecule has 0 radical (unpaired) electrons. The zero-order valence-electron chi connectivity index (χ0n) is 36.1. The number of pyridine rings is 4. The molecule has 7 rings (SSSR count). The molecule has 330 valence electrons. The molecular weight excluding hydrogens is 825 g/mol. The van der Waals surface area contributed by atoms with Crippen molar-refractivity contribution >= 4 is 32.4 Å². The highest BCUT2D eigenvalue weighted by Gasteiger charge is 2.22. The number of nitrogens with one attached hydrogen (secondary N) is 2. The van der Waals surface area contributed by atoms with Gasteiger partial charge < -0.3 is 21.1 Å². The molecule has 0 saturated heterocycles. The average molecular weight is 879 g/mol. The van der Waals surface area contributed by atoms with Gasteiger partial charge in [0.1, 0.15) is 5.75 Å². The van der Waals surface area contributed by atoms with Crippen molar-refractivity contribution in [1.29, 1.82) is 0 Å². The molecule has 5 N–H and O–H groups in total. The lowest BCUT2D eigenvalue weighted by Crippen LogP contribution is -2.44. The molecule has 3 aromatic carbocycles. The Morgan fingerprint density at radius 1 is 0.625 bits per heavy atom. The van der Waals surface area contributed by atoms with Gasteiger partial charge in [-0.25, -0.2) is 13.1 Å². The molecular formula is C49H54N10O4S. The van der Waals surface area contributed by atoms with Gasteiger partial charge in [-0.05, 0) is 72.6 Å². The average Bonchev–Trinajstić information content (AvgIpc) is 3.30. The number of benzene rings is 3. The number of anilines is 1. The summed E-state index contributed by atoms with van der Waals surface area (Å²) in [5, 5.41) is 16.4. The lowest BCUT2D eigenvalue weighted by atomic mass is 9.97. The Bertz CT molecular complexity index is 2520.